The van der Waals surface area contributed by atoms with Gasteiger partial charge >= 0.3 is 0 Å². The van der Waals surface area contributed by atoms with E-state index in [4.69, 9.17) is 9.72 Å². The molecule has 0 aromatic carbocycles. The summed E-state index contributed by atoms with van der Waals surface area (Å²) in [4.78, 5) is 21.0. The SMILES string of the molecule is CC[C@@]1(c2cccc(-c3cn(C)c4cnc(CC(C)=O)cc34)n2)CCOC1. The lowest BCUT2D eigenvalue weighted by Crippen LogP contribution is -2.26. The maximum absolute atomic E-state index is 11.5. The molecule has 0 spiro atoms. The van der Waals surface area contributed by atoms with E-state index >= 15 is 0 Å². The molecule has 140 valence electrons. The number of carbonyl (C=O) groups is 1. The summed E-state index contributed by atoms with van der Waals surface area (Å²) in [7, 11) is 2.01. The van der Waals surface area contributed by atoms with Gasteiger partial charge in [-0.15, -0.1) is 0 Å². The number of ketones is 1. The fourth-order valence-electron chi connectivity index (χ4n) is 4.03. The average Bonchev–Trinajstić information content (AvgIpc) is 3.27. The Balaban J connectivity index is 1.82. The lowest BCUT2D eigenvalue weighted by atomic mass is 9.80. The van der Waals surface area contributed by atoms with Crippen molar-refractivity contribution in [2.45, 2.75) is 38.5 Å². The Kier molecular flexibility index (Phi) is 4.56. The van der Waals surface area contributed by atoms with Crippen LogP contribution in [-0.4, -0.2) is 33.5 Å². The van der Waals surface area contributed by atoms with E-state index in [1.165, 1.54) is 0 Å². The van der Waals surface area contributed by atoms with Gasteiger partial charge in [0.1, 0.15) is 5.78 Å². The van der Waals surface area contributed by atoms with Crippen molar-refractivity contribution in [2.24, 2.45) is 7.05 Å². The van der Waals surface area contributed by atoms with Gasteiger partial charge in [0.25, 0.3) is 0 Å². The molecular weight excluding hydrogens is 338 g/mol. The van der Waals surface area contributed by atoms with Crippen LogP contribution >= 0.6 is 0 Å². The molecule has 0 unspecified atom stereocenters. The zero-order chi connectivity index (χ0) is 19.0. The van der Waals surface area contributed by atoms with Crippen molar-refractivity contribution < 1.29 is 9.53 Å². The van der Waals surface area contributed by atoms with Crippen LogP contribution in [0.2, 0.25) is 0 Å². The van der Waals surface area contributed by atoms with Gasteiger partial charge < -0.3 is 9.30 Å². The molecule has 5 nitrogen and oxygen atoms in total. The van der Waals surface area contributed by atoms with Crippen LogP contribution in [0.4, 0.5) is 0 Å². The molecule has 4 heterocycles. The third kappa shape index (κ3) is 3.16. The summed E-state index contributed by atoms with van der Waals surface area (Å²) in [6.45, 7) is 5.34. The fourth-order valence-corrected chi connectivity index (χ4v) is 4.03. The van der Waals surface area contributed by atoms with Crippen molar-refractivity contribution >= 4 is 16.7 Å². The van der Waals surface area contributed by atoms with Crippen molar-refractivity contribution in [1.29, 1.82) is 0 Å². The first-order chi connectivity index (χ1) is 13.0. The van der Waals surface area contributed by atoms with E-state index in [0.717, 1.165) is 59.6 Å². The smallest absolute Gasteiger partial charge is 0.135 e. The lowest BCUT2D eigenvalue weighted by Gasteiger charge is -2.25. The molecule has 1 aliphatic rings. The number of fused-ring (bicyclic) bond motifs is 1. The molecule has 5 heteroatoms. The fraction of sp³-hybridized carbons (Fsp3) is 0.409. The standard InChI is InChI=1S/C22H25N3O2/c1-4-22(8-9-27-14-22)21-7-5-6-19(24-21)18-13-25(3)20-12-23-16(10-15(2)26)11-17(18)20/h5-7,11-13H,4,8-10,14H2,1-3H3/t22-/m1/s1. The van der Waals surface area contributed by atoms with Crippen LogP contribution < -0.4 is 0 Å². The first kappa shape index (κ1) is 17.9. The summed E-state index contributed by atoms with van der Waals surface area (Å²) in [5, 5.41) is 1.08. The second-order valence-corrected chi connectivity index (χ2v) is 7.57. The van der Waals surface area contributed by atoms with Crippen LogP contribution in [0, 0.1) is 0 Å². The van der Waals surface area contributed by atoms with Gasteiger partial charge in [0, 0.05) is 54.0 Å². The van der Waals surface area contributed by atoms with Crippen molar-refractivity contribution in [3.63, 3.8) is 0 Å². The highest BCUT2D eigenvalue weighted by Crippen LogP contribution is 2.37. The van der Waals surface area contributed by atoms with E-state index in [0.29, 0.717) is 6.42 Å². The second kappa shape index (κ2) is 6.89. The van der Waals surface area contributed by atoms with E-state index in [1.54, 1.807) is 6.92 Å². The maximum Gasteiger partial charge on any atom is 0.135 e. The summed E-state index contributed by atoms with van der Waals surface area (Å²) in [6, 6.07) is 8.29. The zero-order valence-electron chi connectivity index (χ0n) is 16.2. The van der Waals surface area contributed by atoms with Gasteiger partial charge in [-0.1, -0.05) is 13.0 Å². The van der Waals surface area contributed by atoms with Gasteiger partial charge in [0.15, 0.2) is 0 Å². The number of ether oxygens (including phenoxy) is 1. The van der Waals surface area contributed by atoms with Gasteiger partial charge in [-0.2, -0.15) is 0 Å². The van der Waals surface area contributed by atoms with Gasteiger partial charge in [-0.05, 0) is 38.0 Å². The molecular formula is C22H25N3O2. The predicted octanol–water partition coefficient (Wildman–Crippen LogP) is 3.83. The summed E-state index contributed by atoms with van der Waals surface area (Å²) in [5.41, 5.74) is 4.99. The van der Waals surface area contributed by atoms with E-state index in [-0.39, 0.29) is 11.2 Å². The number of hydrogen-bond acceptors (Lipinski definition) is 4. The average molecular weight is 363 g/mol. The molecule has 4 rings (SSSR count). The molecule has 0 amide bonds. The Morgan fingerprint density at radius 2 is 2.22 bits per heavy atom. The van der Waals surface area contributed by atoms with Crippen LogP contribution in [0.5, 0.6) is 0 Å². The maximum atomic E-state index is 11.5. The summed E-state index contributed by atoms with van der Waals surface area (Å²) >= 11 is 0. The van der Waals surface area contributed by atoms with Gasteiger partial charge in [0.05, 0.1) is 24.0 Å². The highest BCUT2D eigenvalue weighted by atomic mass is 16.5. The van der Waals surface area contributed by atoms with E-state index < -0.39 is 0 Å². The molecule has 1 aliphatic heterocycles. The van der Waals surface area contributed by atoms with Crippen LogP contribution in [0.1, 0.15) is 38.1 Å². The van der Waals surface area contributed by atoms with E-state index in [2.05, 4.69) is 40.9 Å². The van der Waals surface area contributed by atoms with Crippen LogP contribution in [0.25, 0.3) is 22.2 Å². The first-order valence-electron chi connectivity index (χ1n) is 9.51. The minimum absolute atomic E-state index is 0.0158. The Hall–Kier alpha value is -2.53. The Labute approximate surface area is 159 Å². The molecule has 3 aromatic rings. The molecule has 0 aliphatic carbocycles. The molecule has 0 bridgehead atoms. The monoisotopic (exact) mass is 363 g/mol. The number of nitrogens with zero attached hydrogens (tertiary/aromatic N) is 3. The van der Waals surface area contributed by atoms with Crippen molar-refractivity contribution in [3.05, 3.63) is 48.0 Å². The highest BCUT2D eigenvalue weighted by Gasteiger charge is 2.36. The van der Waals surface area contributed by atoms with Crippen molar-refractivity contribution in [1.82, 2.24) is 14.5 Å². The normalized spacial score (nSPS) is 19.7. The largest absolute Gasteiger partial charge is 0.380 e. The number of hydrogen-bond donors (Lipinski definition) is 0. The summed E-state index contributed by atoms with van der Waals surface area (Å²) in [6.07, 6.45) is 6.33. The van der Waals surface area contributed by atoms with E-state index in [1.807, 2.05) is 19.3 Å². The quantitative estimate of drug-likeness (QED) is 0.691. The predicted molar refractivity (Wildman–Crippen MR) is 106 cm³/mol. The number of pyridine rings is 2. The third-order valence-electron chi connectivity index (χ3n) is 5.71. The Morgan fingerprint density at radius 1 is 1.37 bits per heavy atom. The van der Waals surface area contributed by atoms with Crippen LogP contribution in [0.15, 0.2) is 36.7 Å². The van der Waals surface area contributed by atoms with Gasteiger partial charge in [-0.3, -0.25) is 14.8 Å². The Bertz CT molecular complexity index is 1000. The van der Waals surface area contributed by atoms with E-state index in [9.17, 15) is 4.79 Å². The molecule has 0 saturated carbocycles. The molecule has 0 N–H and O–H groups in total. The molecule has 0 radical (unpaired) electrons. The van der Waals surface area contributed by atoms with Gasteiger partial charge in [0.2, 0.25) is 0 Å². The number of rotatable bonds is 5. The van der Waals surface area contributed by atoms with Gasteiger partial charge in [-0.25, -0.2) is 0 Å². The molecule has 1 saturated heterocycles. The lowest BCUT2D eigenvalue weighted by molar-refractivity contribution is -0.116. The first-order valence-corrected chi connectivity index (χ1v) is 9.51. The number of Topliss-reactive ketones (excluding diaryl/α,β-unsaturated/α-hetero) is 1. The number of carbonyl (C=O) groups excluding carboxylic acids is 1. The van der Waals surface area contributed by atoms with Crippen LogP contribution in [-0.2, 0) is 28.4 Å². The Morgan fingerprint density at radius 3 is 2.93 bits per heavy atom. The van der Waals surface area contributed by atoms with Crippen LogP contribution in [0.3, 0.4) is 0 Å². The molecule has 1 fully saturated rings. The second-order valence-electron chi connectivity index (χ2n) is 7.57. The van der Waals surface area contributed by atoms with Crippen molar-refractivity contribution in [2.75, 3.05) is 13.2 Å². The molecule has 3 aromatic heterocycles. The number of aryl methyl sites for hydroxylation is 1. The number of aromatic nitrogens is 3. The molecule has 1 atom stereocenters. The minimum atomic E-state index is 0.0158. The molecule has 27 heavy (non-hydrogen) atoms. The third-order valence-corrected chi connectivity index (χ3v) is 5.71. The topological polar surface area (TPSA) is 57.0 Å². The minimum Gasteiger partial charge on any atom is -0.380 e. The summed E-state index contributed by atoms with van der Waals surface area (Å²) < 4.78 is 7.76. The zero-order valence-corrected chi connectivity index (χ0v) is 16.2. The highest BCUT2D eigenvalue weighted by molar-refractivity contribution is 5.95. The summed E-state index contributed by atoms with van der Waals surface area (Å²) in [5.74, 6) is 0.116. The van der Waals surface area contributed by atoms with Crippen molar-refractivity contribution in [3.8, 4) is 11.3 Å².